The number of carbonyl (C=O) groups is 1. The highest BCUT2D eigenvalue weighted by Crippen LogP contribution is 2.36. The molecule has 0 bridgehead atoms. The molecular weight excluding hydrogens is 366 g/mol. The summed E-state index contributed by atoms with van der Waals surface area (Å²) in [6.07, 6.45) is 4.46. The van der Waals surface area contributed by atoms with Crippen molar-refractivity contribution in [2.75, 3.05) is 18.5 Å². The van der Waals surface area contributed by atoms with Crippen LogP contribution in [0.3, 0.4) is 0 Å². The van der Waals surface area contributed by atoms with Crippen molar-refractivity contribution in [3.8, 4) is 11.1 Å². The number of hydrogen-bond donors (Lipinski definition) is 1. The molecule has 0 spiro atoms. The summed E-state index contributed by atoms with van der Waals surface area (Å²) in [5.41, 5.74) is 5.14. The maximum Gasteiger partial charge on any atom is 0.276 e. The monoisotopic (exact) mass is 397 g/mol. The SMILES string of the molecule is CCc1cc(C)cc(CC)c1-c1c(NC(=O)CC2CC2)n2n(c1=O)CCOCC2. The second kappa shape index (κ2) is 8.19. The van der Waals surface area contributed by atoms with Gasteiger partial charge < -0.3 is 10.1 Å². The summed E-state index contributed by atoms with van der Waals surface area (Å²) in [5, 5.41) is 3.12. The summed E-state index contributed by atoms with van der Waals surface area (Å²) >= 11 is 0. The first-order valence-electron chi connectivity index (χ1n) is 10.9. The van der Waals surface area contributed by atoms with Gasteiger partial charge in [0.15, 0.2) is 0 Å². The number of hydrogen-bond acceptors (Lipinski definition) is 3. The summed E-state index contributed by atoms with van der Waals surface area (Å²) in [6.45, 7) is 8.44. The Kier molecular flexibility index (Phi) is 5.63. The predicted molar refractivity (Wildman–Crippen MR) is 114 cm³/mol. The summed E-state index contributed by atoms with van der Waals surface area (Å²) in [4.78, 5) is 26.3. The Balaban J connectivity index is 1.91. The van der Waals surface area contributed by atoms with Gasteiger partial charge in [0.2, 0.25) is 5.91 Å². The molecule has 1 fully saturated rings. The van der Waals surface area contributed by atoms with E-state index in [2.05, 4.69) is 38.2 Å². The first-order valence-corrected chi connectivity index (χ1v) is 10.9. The fraction of sp³-hybridized carbons (Fsp3) is 0.565. The molecule has 6 heteroatoms. The van der Waals surface area contributed by atoms with E-state index in [4.69, 9.17) is 4.74 Å². The number of aromatic nitrogens is 2. The van der Waals surface area contributed by atoms with Crippen LogP contribution in [0.5, 0.6) is 0 Å². The number of nitrogens with zero attached hydrogens (tertiary/aromatic N) is 2. The third kappa shape index (κ3) is 3.90. The van der Waals surface area contributed by atoms with E-state index in [-0.39, 0.29) is 11.5 Å². The molecule has 2 heterocycles. The summed E-state index contributed by atoms with van der Waals surface area (Å²) in [6, 6.07) is 4.33. The zero-order valence-electron chi connectivity index (χ0n) is 17.7. The summed E-state index contributed by atoms with van der Waals surface area (Å²) < 4.78 is 9.25. The minimum atomic E-state index is -0.0366. The van der Waals surface area contributed by atoms with Gasteiger partial charge in [-0.25, -0.2) is 4.68 Å². The first-order chi connectivity index (χ1) is 14.0. The molecule has 2 aromatic rings. The van der Waals surface area contributed by atoms with E-state index in [1.54, 1.807) is 4.68 Å². The van der Waals surface area contributed by atoms with Gasteiger partial charge in [-0.1, -0.05) is 31.5 Å². The number of amides is 1. The fourth-order valence-electron chi connectivity index (χ4n) is 4.39. The molecule has 1 aliphatic carbocycles. The first kappa shape index (κ1) is 20.0. The lowest BCUT2D eigenvalue weighted by atomic mass is 9.91. The van der Waals surface area contributed by atoms with Crippen molar-refractivity contribution in [1.29, 1.82) is 0 Å². The smallest absolute Gasteiger partial charge is 0.276 e. The molecule has 0 saturated heterocycles. The maximum absolute atomic E-state index is 13.6. The van der Waals surface area contributed by atoms with Crippen molar-refractivity contribution in [2.24, 2.45) is 5.92 Å². The Hall–Kier alpha value is -2.34. The summed E-state index contributed by atoms with van der Waals surface area (Å²) in [7, 11) is 0. The zero-order valence-corrected chi connectivity index (χ0v) is 17.7. The van der Waals surface area contributed by atoms with E-state index in [9.17, 15) is 9.59 Å². The molecule has 0 atom stereocenters. The molecule has 6 nitrogen and oxygen atoms in total. The van der Waals surface area contributed by atoms with E-state index in [0.29, 0.717) is 50.0 Å². The van der Waals surface area contributed by atoms with Gasteiger partial charge in [-0.3, -0.25) is 14.3 Å². The zero-order chi connectivity index (χ0) is 20.5. The average molecular weight is 398 g/mol. The molecule has 2 aliphatic rings. The van der Waals surface area contributed by atoms with Crippen LogP contribution in [-0.4, -0.2) is 28.5 Å². The number of ether oxygens (including phenoxy) is 1. The van der Waals surface area contributed by atoms with Crippen LogP contribution in [0.4, 0.5) is 5.82 Å². The van der Waals surface area contributed by atoms with Gasteiger partial charge >= 0.3 is 0 Å². The highest BCUT2D eigenvalue weighted by atomic mass is 16.5. The van der Waals surface area contributed by atoms with Gasteiger partial charge in [-0.15, -0.1) is 0 Å². The largest absolute Gasteiger partial charge is 0.378 e. The molecule has 156 valence electrons. The maximum atomic E-state index is 13.6. The number of nitrogens with one attached hydrogen (secondary N) is 1. The topological polar surface area (TPSA) is 65.3 Å². The van der Waals surface area contributed by atoms with Crippen molar-refractivity contribution >= 4 is 11.7 Å². The van der Waals surface area contributed by atoms with Crippen molar-refractivity contribution in [3.63, 3.8) is 0 Å². The predicted octanol–water partition coefficient (Wildman–Crippen LogP) is 3.52. The van der Waals surface area contributed by atoms with E-state index < -0.39 is 0 Å². The lowest BCUT2D eigenvalue weighted by Crippen LogP contribution is -2.24. The molecule has 1 aliphatic heterocycles. The normalized spacial score (nSPS) is 16.4. The third-order valence-electron chi connectivity index (χ3n) is 6.02. The van der Waals surface area contributed by atoms with Crippen LogP contribution in [0, 0.1) is 12.8 Å². The van der Waals surface area contributed by atoms with Crippen molar-refractivity contribution in [2.45, 2.75) is 66.0 Å². The number of carbonyl (C=O) groups excluding carboxylic acids is 1. The van der Waals surface area contributed by atoms with Gasteiger partial charge in [-0.2, -0.15) is 0 Å². The van der Waals surface area contributed by atoms with Crippen LogP contribution in [-0.2, 0) is 35.5 Å². The van der Waals surface area contributed by atoms with E-state index in [1.165, 1.54) is 5.56 Å². The van der Waals surface area contributed by atoms with Crippen LogP contribution in [0.1, 0.15) is 49.8 Å². The third-order valence-corrected chi connectivity index (χ3v) is 6.02. The second-order valence-electron chi connectivity index (χ2n) is 8.25. The lowest BCUT2D eigenvalue weighted by Gasteiger charge is -2.16. The number of anilines is 1. The van der Waals surface area contributed by atoms with E-state index in [0.717, 1.165) is 42.4 Å². The Morgan fingerprint density at radius 2 is 1.69 bits per heavy atom. The van der Waals surface area contributed by atoms with Gasteiger partial charge in [0.05, 0.1) is 31.9 Å². The summed E-state index contributed by atoms with van der Waals surface area (Å²) in [5.74, 6) is 1.14. The Labute approximate surface area is 171 Å². The highest BCUT2D eigenvalue weighted by Gasteiger charge is 2.29. The molecule has 1 aromatic carbocycles. The molecule has 1 aromatic heterocycles. The Morgan fingerprint density at radius 3 is 2.28 bits per heavy atom. The Bertz CT molecular complexity index is 957. The number of fused-ring (bicyclic) bond motifs is 1. The standard InChI is InChI=1S/C23H31N3O3/c1-4-17-12-15(3)13-18(5-2)20(17)21-22(24-19(27)14-16-6-7-16)25-8-10-29-11-9-26(25)23(21)28/h12-13,16H,4-11,14H2,1-3H3,(H,24,27). The number of rotatable bonds is 6. The average Bonchev–Trinajstić information content (AvgIpc) is 3.50. The highest BCUT2D eigenvalue weighted by molar-refractivity contribution is 5.95. The lowest BCUT2D eigenvalue weighted by molar-refractivity contribution is -0.116. The van der Waals surface area contributed by atoms with Crippen LogP contribution < -0.4 is 10.9 Å². The van der Waals surface area contributed by atoms with E-state index in [1.807, 2.05) is 4.68 Å². The van der Waals surface area contributed by atoms with Crippen LogP contribution in [0.15, 0.2) is 16.9 Å². The van der Waals surface area contributed by atoms with E-state index >= 15 is 0 Å². The van der Waals surface area contributed by atoms with Crippen molar-refractivity contribution < 1.29 is 9.53 Å². The van der Waals surface area contributed by atoms with Crippen LogP contribution in [0.25, 0.3) is 11.1 Å². The molecular formula is C23H31N3O3. The molecule has 0 unspecified atom stereocenters. The molecule has 4 rings (SSSR count). The van der Waals surface area contributed by atoms with Gasteiger partial charge in [0, 0.05) is 6.42 Å². The van der Waals surface area contributed by atoms with Crippen LogP contribution in [0.2, 0.25) is 0 Å². The van der Waals surface area contributed by atoms with Crippen molar-refractivity contribution in [3.05, 3.63) is 39.2 Å². The fourth-order valence-corrected chi connectivity index (χ4v) is 4.39. The van der Waals surface area contributed by atoms with Crippen molar-refractivity contribution in [1.82, 2.24) is 9.36 Å². The second-order valence-corrected chi connectivity index (χ2v) is 8.25. The molecule has 0 radical (unpaired) electrons. The quantitative estimate of drug-likeness (QED) is 0.811. The Morgan fingerprint density at radius 1 is 1.07 bits per heavy atom. The van der Waals surface area contributed by atoms with Gasteiger partial charge in [0.1, 0.15) is 5.82 Å². The minimum Gasteiger partial charge on any atom is -0.378 e. The van der Waals surface area contributed by atoms with Gasteiger partial charge in [0.25, 0.3) is 5.56 Å². The van der Waals surface area contributed by atoms with Gasteiger partial charge in [-0.05, 0) is 55.2 Å². The molecule has 1 N–H and O–H groups in total. The molecule has 1 amide bonds. The minimum absolute atomic E-state index is 0.00280. The molecule has 1 saturated carbocycles. The number of aryl methyl sites for hydroxylation is 3. The molecule has 29 heavy (non-hydrogen) atoms. The van der Waals surface area contributed by atoms with Crippen LogP contribution >= 0.6 is 0 Å². The number of benzene rings is 1.